The molecule has 4 aliphatic rings. The number of hydrogen-bond acceptors (Lipinski definition) is 3. The smallest absolute Gasteiger partial charge is 0.311 e. The first kappa shape index (κ1) is 40.6. The molecule has 7 heteroatoms. The lowest BCUT2D eigenvalue weighted by Crippen LogP contribution is -2.61. The van der Waals surface area contributed by atoms with Crippen LogP contribution in [0.25, 0.3) is 10.1 Å². The molecule has 3 heterocycles. The maximum Gasteiger partial charge on any atom is 0.416 e. The van der Waals surface area contributed by atoms with Gasteiger partial charge >= 0.3 is 6.18 Å². The van der Waals surface area contributed by atoms with Gasteiger partial charge < -0.3 is 9.80 Å². The van der Waals surface area contributed by atoms with E-state index < -0.39 is 11.7 Å². The van der Waals surface area contributed by atoms with Crippen molar-refractivity contribution in [2.75, 3.05) is 9.80 Å². The Morgan fingerprint density at radius 3 is 1.75 bits per heavy atom. The number of nitrogens with zero attached hydrogens (tertiary/aromatic N) is 2. The van der Waals surface area contributed by atoms with Crippen LogP contribution in [-0.2, 0) is 33.3 Å². The predicted molar refractivity (Wildman–Crippen MR) is 255 cm³/mol. The molecule has 5 aromatic carbocycles. The minimum absolute atomic E-state index is 0.00317. The van der Waals surface area contributed by atoms with Crippen molar-refractivity contribution in [3.63, 3.8) is 0 Å². The molecule has 2 aliphatic carbocycles. The van der Waals surface area contributed by atoms with Gasteiger partial charge in [0.05, 0.1) is 11.3 Å². The fourth-order valence-corrected chi connectivity index (χ4v) is 12.6. The van der Waals surface area contributed by atoms with Crippen LogP contribution in [0.4, 0.5) is 47.3 Å². The molecule has 0 saturated heterocycles. The van der Waals surface area contributed by atoms with E-state index in [4.69, 9.17) is 0 Å². The van der Waals surface area contributed by atoms with Crippen LogP contribution in [0.1, 0.15) is 141 Å². The lowest BCUT2D eigenvalue weighted by Gasteiger charge is -2.47. The number of halogens is 3. The second-order valence-electron chi connectivity index (χ2n) is 22.3. The zero-order valence-electron chi connectivity index (χ0n) is 37.9. The Morgan fingerprint density at radius 2 is 1.15 bits per heavy atom. The van der Waals surface area contributed by atoms with Crippen molar-refractivity contribution in [3.05, 3.63) is 124 Å². The van der Waals surface area contributed by atoms with Crippen LogP contribution in [-0.4, -0.2) is 6.71 Å². The normalized spacial score (nSPS) is 19.2. The molecular weight excluding hydrogens is 776 g/mol. The monoisotopic (exact) mass is 834 g/mol. The third-order valence-electron chi connectivity index (χ3n) is 15.3. The maximum atomic E-state index is 15.7. The third-order valence-corrected chi connectivity index (χ3v) is 16.5. The summed E-state index contributed by atoms with van der Waals surface area (Å²) in [6.45, 7) is 27.2. The molecule has 0 spiro atoms. The summed E-state index contributed by atoms with van der Waals surface area (Å²) in [5, 5.41) is 1.06. The first-order valence-electron chi connectivity index (χ1n) is 22.2. The van der Waals surface area contributed by atoms with E-state index >= 15 is 13.2 Å². The number of hydrogen-bond donors (Lipinski definition) is 0. The van der Waals surface area contributed by atoms with Crippen LogP contribution in [0.2, 0.25) is 0 Å². The van der Waals surface area contributed by atoms with Gasteiger partial charge in [0, 0.05) is 43.3 Å². The van der Waals surface area contributed by atoms with E-state index in [1.54, 1.807) is 11.3 Å². The maximum absolute atomic E-state index is 15.7. The molecule has 61 heavy (non-hydrogen) atoms. The predicted octanol–water partition coefficient (Wildman–Crippen LogP) is 14.3. The van der Waals surface area contributed by atoms with Gasteiger partial charge in [-0.3, -0.25) is 0 Å². The van der Waals surface area contributed by atoms with Crippen molar-refractivity contribution in [3.8, 4) is 0 Å². The summed E-state index contributed by atoms with van der Waals surface area (Å²) in [4.78, 5) is 4.41. The van der Waals surface area contributed by atoms with E-state index in [0.29, 0.717) is 11.4 Å². The summed E-state index contributed by atoms with van der Waals surface area (Å²) in [7, 11) is 0. The molecule has 0 bridgehead atoms. The molecule has 0 atom stereocenters. The van der Waals surface area contributed by atoms with Gasteiger partial charge in [0.25, 0.3) is 6.71 Å². The van der Waals surface area contributed by atoms with E-state index in [0.717, 1.165) is 69.5 Å². The van der Waals surface area contributed by atoms with Crippen LogP contribution in [0.15, 0.2) is 84.9 Å². The quantitative estimate of drug-likeness (QED) is 0.160. The lowest BCUT2D eigenvalue weighted by atomic mass is 9.35. The fraction of sp³-hybridized carbons (Fsp3) is 0.407. The van der Waals surface area contributed by atoms with Gasteiger partial charge in [-0.05, 0) is 146 Å². The zero-order chi connectivity index (χ0) is 43.6. The highest BCUT2D eigenvalue weighted by Gasteiger charge is 2.50. The van der Waals surface area contributed by atoms with Crippen LogP contribution in [0.3, 0.4) is 0 Å². The Balaban J connectivity index is 1.36. The third kappa shape index (κ3) is 6.02. The van der Waals surface area contributed by atoms with E-state index in [2.05, 4.69) is 166 Å². The topological polar surface area (TPSA) is 6.48 Å². The lowest BCUT2D eigenvalue weighted by molar-refractivity contribution is -0.137. The van der Waals surface area contributed by atoms with Gasteiger partial charge in [-0.25, -0.2) is 0 Å². The van der Waals surface area contributed by atoms with Crippen molar-refractivity contribution < 1.29 is 13.2 Å². The van der Waals surface area contributed by atoms with Crippen molar-refractivity contribution >= 4 is 78.0 Å². The average Bonchev–Trinajstić information content (AvgIpc) is 3.56. The first-order valence-corrected chi connectivity index (χ1v) is 23.0. The van der Waals surface area contributed by atoms with E-state index in [-0.39, 0.29) is 33.8 Å². The highest BCUT2D eigenvalue weighted by Crippen LogP contribution is 2.54. The molecule has 2 aliphatic heterocycles. The Bertz CT molecular complexity index is 2830. The molecule has 2 nitrogen and oxygen atoms in total. The van der Waals surface area contributed by atoms with Gasteiger partial charge in [-0.15, -0.1) is 11.3 Å². The van der Waals surface area contributed by atoms with Gasteiger partial charge in [0.2, 0.25) is 0 Å². The first-order chi connectivity index (χ1) is 28.4. The SMILES string of the molecule is Cc1cc(C(C)(C)C)ccc1N1c2cc(C(F)(F)F)cc3c2B(c2cc4c(cc2N3c2ccc3c(c2)C(C)(C)CCC3(C)C)C(C)(C)CCC4(C)C)c2sc3ccccc3c21. The summed E-state index contributed by atoms with van der Waals surface area (Å²) >= 11 is 1.79. The van der Waals surface area contributed by atoms with Crippen LogP contribution in [0.5, 0.6) is 0 Å². The van der Waals surface area contributed by atoms with Crippen molar-refractivity contribution in [2.45, 2.75) is 142 Å². The van der Waals surface area contributed by atoms with Gasteiger partial charge in [-0.1, -0.05) is 119 Å². The van der Waals surface area contributed by atoms with Crippen LogP contribution >= 0.6 is 11.3 Å². The van der Waals surface area contributed by atoms with Crippen molar-refractivity contribution in [1.29, 1.82) is 0 Å². The van der Waals surface area contributed by atoms with Gasteiger partial charge in [-0.2, -0.15) is 13.2 Å². The Morgan fingerprint density at radius 1 is 0.574 bits per heavy atom. The fourth-order valence-electron chi connectivity index (χ4n) is 11.3. The zero-order valence-corrected chi connectivity index (χ0v) is 38.7. The largest absolute Gasteiger partial charge is 0.416 e. The number of anilines is 6. The van der Waals surface area contributed by atoms with E-state index in [9.17, 15) is 0 Å². The summed E-state index contributed by atoms with van der Waals surface area (Å²) in [6, 6.07) is 29.6. The van der Waals surface area contributed by atoms with Gasteiger partial charge in [0.1, 0.15) is 0 Å². The van der Waals surface area contributed by atoms with Crippen LogP contribution in [0, 0.1) is 6.92 Å². The summed E-state index contributed by atoms with van der Waals surface area (Å²) < 4.78 is 49.4. The summed E-state index contributed by atoms with van der Waals surface area (Å²) in [5.41, 5.74) is 13.6. The Hall–Kier alpha value is -4.49. The minimum Gasteiger partial charge on any atom is -0.311 e. The van der Waals surface area contributed by atoms with E-state index in [1.807, 2.05) is 0 Å². The molecule has 6 aromatic rings. The molecule has 0 fully saturated rings. The average molecular weight is 835 g/mol. The van der Waals surface area contributed by atoms with Crippen molar-refractivity contribution in [2.24, 2.45) is 0 Å². The molecule has 10 rings (SSSR count). The molecular formula is C54H58BF3N2S. The molecule has 0 saturated carbocycles. The molecule has 0 radical (unpaired) electrons. The standard InChI is InChI=1S/C54H58BF3N2S/c1-31-25-32(49(2,3)4)17-20-41(31)60-44-27-33(54(56,57)58)26-43-46(44)55(48-47(60)35-15-13-14-16-45(35)61-48)40-29-38-39(53(11,12)24-23-52(38,9)10)30-42(40)59(43)34-18-19-36-37(28-34)51(7,8)22-21-50(36,5)6/h13-20,25-30H,21-24H2,1-12H3. The molecule has 0 amide bonds. The highest BCUT2D eigenvalue weighted by atomic mass is 32.1. The van der Waals surface area contributed by atoms with Crippen molar-refractivity contribution in [1.82, 2.24) is 0 Å². The minimum atomic E-state index is -4.58. The Kier molecular flexibility index (Phi) is 8.52. The number of rotatable bonds is 2. The molecule has 314 valence electrons. The number of benzene rings is 5. The second kappa shape index (κ2) is 12.8. The number of thiophene rings is 1. The number of aryl methyl sites for hydroxylation is 1. The molecule has 0 unspecified atom stereocenters. The molecule has 0 N–H and O–H groups in total. The summed E-state index contributed by atoms with van der Waals surface area (Å²) in [6.07, 6.45) is -0.341. The highest BCUT2D eigenvalue weighted by molar-refractivity contribution is 7.33. The number of alkyl halides is 3. The van der Waals surface area contributed by atoms with Gasteiger partial charge in [0.15, 0.2) is 0 Å². The van der Waals surface area contributed by atoms with Crippen LogP contribution < -0.4 is 25.5 Å². The summed E-state index contributed by atoms with van der Waals surface area (Å²) in [5.74, 6) is 0. The van der Waals surface area contributed by atoms with E-state index in [1.165, 1.54) is 50.2 Å². The molecule has 1 aromatic heterocycles. The Labute approximate surface area is 365 Å². The second-order valence-corrected chi connectivity index (χ2v) is 23.4. The number of fused-ring (bicyclic) bond motifs is 8.